The van der Waals surface area contributed by atoms with Crippen LogP contribution in [0.2, 0.25) is 5.02 Å². The average Bonchev–Trinajstić information content (AvgIpc) is 2.21. The van der Waals surface area contributed by atoms with Crippen molar-refractivity contribution in [3.63, 3.8) is 0 Å². The maximum atomic E-state index is 13.0. The van der Waals surface area contributed by atoms with Gasteiger partial charge >= 0.3 is 0 Å². The highest BCUT2D eigenvalue weighted by Gasteiger charge is 2.10. The summed E-state index contributed by atoms with van der Waals surface area (Å²) in [6.07, 6.45) is 0.310. The Labute approximate surface area is 112 Å². The third kappa shape index (κ3) is 5.47. The van der Waals surface area contributed by atoms with Crippen molar-refractivity contribution in [1.82, 2.24) is 5.32 Å². The van der Waals surface area contributed by atoms with Crippen molar-refractivity contribution >= 4 is 23.2 Å². The molecular weight excluding hydrogens is 255 g/mol. The van der Waals surface area contributed by atoms with Crippen molar-refractivity contribution in [2.75, 3.05) is 11.9 Å². The number of nitrogens with one attached hydrogen (secondary N) is 2. The molecule has 3 nitrogen and oxygen atoms in total. The fourth-order valence-corrected chi connectivity index (χ4v) is 1.52. The van der Waals surface area contributed by atoms with Gasteiger partial charge < -0.3 is 10.6 Å². The van der Waals surface area contributed by atoms with Crippen LogP contribution >= 0.6 is 11.6 Å². The van der Waals surface area contributed by atoms with Crippen LogP contribution in [0.25, 0.3) is 0 Å². The van der Waals surface area contributed by atoms with Crippen LogP contribution < -0.4 is 10.6 Å². The number of amides is 1. The number of halogens is 2. The molecule has 18 heavy (non-hydrogen) atoms. The van der Waals surface area contributed by atoms with Crippen molar-refractivity contribution in [2.45, 2.75) is 32.7 Å². The van der Waals surface area contributed by atoms with Gasteiger partial charge in [0.05, 0.1) is 10.7 Å². The molecule has 100 valence electrons. The van der Waals surface area contributed by atoms with Crippen LogP contribution in [-0.4, -0.2) is 18.0 Å². The van der Waals surface area contributed by atoms with E-state index in [0.29, 0.717) is 23.7 Å². The summed E-state index contributed by atoms with van der Waals surface area (Å²) in [7, 11) is 0. The summed E-state index contributed by atoms with van der Waals surface area (Å²) in [5, 5.41) is 6.11. The molecule has 0 atom stereocenters. The Morgan fingerprint density at radius 2 is 2.06 bits per heavy atom. The molecule has 0 radical (unpaired) electrons. The van der Waals surface area contributed by atoms with Crippen molar-refractivity contribution in [2.24, 2.45) is 0 Å². The Balaban J connectivity index is 2.47. The second-order valence-electron chi connectivity index (χ2n) is 5.10. The second-order valence-corrected chi connectivity index (χ2v) is 5.51. The Morgan fingerprint density at radius 1 is 1.39 bits per heavy atom. The number of carbonyl (C=O) groups excluding carboxylic acids is 1. The van der Waals surface area contributed by atoms with Gasteiger partial charge in [-0.15, -0.1) is 0 Å². The molecule has 0 aliphatic carbocycles. The van der Waals surface area contributed by atoms with Crippen LogP contribution in [0.1, 0.15) is 27.2 Å². The number of hydrogen-bond donors (Lipinski definition) is 2. The lowest BCUT2D eigenvalue weighted by Crippen LogP contribution is -2.37. The van der Waals surface area contributed by atoms with Crippen molar-refractivity contribution in [3.05, 3.63) is 29.0 Å². The molecule has 0 fully saturated rings. The summed E-state index contributed by atoms with van der Waals surface area (Å²) in [6, 6.07) is 3.87. The summed E-state index contributed by atoms with van der Waals surface area (Å²) in [6.45, 7) is 6.62. The van der Waals surface area contributed by atoms with Crippen LogP contribution in [0.4, 0.5) is 10.1 Å². The molecular formula is C13H18ClFN2O. The normalized spacial score (nSPS) is 11.4. The van der Waals surface area contributed by atoms with Crippen LogP contribution in [0.15, 0.2) is 18.2 Å². The number of carbonyl (C=O) groups is 1. The van der Waals surface area contributed by atoms with E-state index in [1.165, 1.54) is 18.2 Å². The summed E-state index contributed by atoms with van der Waals surface area (Å²) < 4.78 is 13.0. The van der Waals surface area contributed by atoms with E-state index >= 15 is 0 Å². The van der Waals surface area contributed by atoms with Gasteiger partial charge in [-0.3, -0.25) is 4.79 Å². The molecule has 0 saturated carbocycles. The highest BCUT2D eigenvalue weighted by Crippen LogP contribution is 2.22. The first kappa shape index (κ1) is 14.9. The summed E-state index contributed by atoms with van der Waals surface area (Å²) in [5.74, 6) is -0.623. The van der Waals surface area contributed by atoms with Gasteiger partial charge in [-0.1, -0.05) is 11.6 Å². The number of rotatable bonds is 4. The molecule has 2 N–H and O–H groups in total. The highest BCUT2D eigenvalue weighted by atomic mass is 35.5. The minimum atomic E-state index is -0.428. The zero-order valence-electron chi connectivity index (χ0n) is 10.8. The number of hydrogen-bond acceptors (Lipinski definition) is 2. The minimum absolute atomic E-state index is 0.0310. The van der Waals surface area contributed by atoms with Gasteiger partial charge in [0.2, 0.25) is 5.91 Å². The molecule has 5 heteroatoms. The summed E-state index contributed by atoms with van der Waals surface area (Å²) >= 11 is 5.85. The monoisotopic (exact) mass is 272 g/mol. The third-order valence-electron chi connectivity index (χ3n) is 2.21. The number of benzene rings is 1. The molecule has 0 aliphatic heterocycles. The Morgan fingerprint density at radius 3 is 2.67 bits per heavy atom. The Bertz CT molecular complexity index is 429. The van der Waals surface area contributed by atoms with Gasteiger partial charge in [-0.2, -0.15) is 0 Å². The minimum Gasteiger partial charge on any atom is -0.325 e. The maximum absolute atomic E-state index is 13.0. The van der Waals surface area contributed by atoms with E-state index in [2.05, 4.69) is 10.6 Å². The smallest absolute Gasteiger partial charge is 0.225 e. The fourth-order valence-electron chi connectivity index (χ4n) is 1.36. The topological polar surface area (TPSA) is 41.1 Å². The first-order chi connectivity index (χ1) is 8.28. The van der Waals surface area contributed by atoms with Crippen LogP contribution in [-0.2, 0) is 4.79 Å². The van der Waals surface area contributed by atoms with Gasteiger partial charge in [-0.25, -0.2) is 4.39 Å². The molecule has 1 rings (SSSR count). The highest BCUT2D eigenvalue weighted by molar-refractivity contribution is 6.33. The number of anilines is 1. The zero-order valence-corrected chi connectivity index (χ0v) is 11.6. The van der Waals surface area contributed by atoms with E-state index < -0.39 is 5.82 Å². The van der Waals surface area contributed by atoms with Gasteiger partial charge in [-0.05, 0) is 39.0 Å². The molecule has 0 saturated heterocycles. The third-order valence-corrected chi connectivity index (χ3v) is 2.54. The maximum Gasteiger partial charge on any atom is 0.225 e. The van der Waals surface area contributed by atoms with Crippen LogP contribution in [0.5, 0.6) is 0 Å². The molecule has 0 heterocycles. The van der Waals surface area contributed by atoms with Crippen LogP contribution in [0, 0.1) is 5.82 Å². The standard InChI is InChI=1S/C13H18ClFN2O/c1-13(2,3)16-7-6-12(18)17-11-8-9(15)4-5-10(11)14/h4-5,8,16H,6-7H2,1-3H3,(H,17,18). The van der Waals surface area contributed by atoms with E-state index in [-0.39, 0.29) is 11.4 Å². The SMILES string of the molecule is CC(C)(C)NCCC(=O)Nc1cc(F)ccc1Cl. The predicted octanol–water partition coefficient (Wildman–Crippen LogP) is 3.20. The quantitative estimate of drug-likeness (QED) is 0.884. The van der Waals surface area contributed by atoms with Crippen molar-refractivity contribution < 1.29 is 9.18 Å². The van der Waals surface area contributed by atoms with E-state index in [1.54, 1.807) is 0 Å². The fraction of sp³-hybridized carbons (Fsp3) is 0.462. The van der Waals surface area contributed by atoms with Gasteiger partial charge in [0, 0.05) is 18.5 Å². The summed E-state index contributed by atoms with van der Waals surface area (Å²) in [4.78, 5) is 11.6. The molecule has 0 unspecified atom stereocenters. The molecule has 1 aromatic carbocycles. The van der Waals surface area contributed by atoms with Crippen LogP contribution in [0.3, 0.4) is 0 Å². The molecule has 1 aromatic rings. The molecule has 0 aromatic heterocycles. The lowest BCUT2D eigenvalue weighted by Gasteiger charge is -2.20. The second kappa shape index (κ2) is 6.16. The van der Waals surface area contributed by atoms with Gasteiger partial charge in [0.1, 0.15) is 5.82 Å². The Kier molecular flexibility index (Phi) is 5.11. The molecule has 1 amide bonds. The van der Waals surface area contributed by atoms with Gasteiger partial charge in [0.15, 0.2) is 0 Å². The van der Waals surface area contributed by atoms with E-state index in [0.717, 1.165) is 0 Å². The lowest BCUT2D eigenvalue weighted by atomic mass is 10.1. The van der Waals surface area contributed by atoms with Gasteiger partial charge in [0.25, 0.3) is 0 Å². The molecule has 0 aliphatic rings. The average molecular weight is 273 g/mol. The molecule has 0 spiro atoms. The Hall–Kier alpha value is -1.13. The van der Waals surface area contributed by atoms with E-state index in [1.807, 2.05) is 20.8 Å². The lowest BCUT2D eigenvalue weighted by molar-refractivity contribution is -0.116. The van der Waals surface area contributed by atoms with E-state index in [4.69, 9.17) is 11.6 Å². The summed E-state index contributed by atoms with van der Waals surface area (Å²) in [5.41, 5.74) is 0.272. The largest absolute Gasteiger partial charge is 0.325 e. The van der Waals surface area contributed by atoms with E-state index in [9.17, 15) is 9.18 Å². The predicted molar refractivity (Wildman–Crippen MR) is 72.4 cm³/mol. The zero-order chi connectivity index (χ0) is 13.8. The molecule has 0 bridgehead atoms. The van der Waals surface area contributed by atoms with Crippen molar-refractivity contribution in [3.8, 4) is 0 Å². The first-order valence-electron chi connectivity index (χ1n) is 5.78. The first-order valence-corrected chi connectivity index (χ1v) is 6.16. The van der Waals surface area contributed by atoms with Crippen molar-refractivity contribution in [1.29, 1.82) is 0 Å².